The smallest absolute Gasteiger partial charge is 0.0809 e. The molecule has 0 aliphatic heterocycles. The lowest BCUT2D eigenvalue weighted by Gasteiger charge is -2.17. The highest BCUT2D eigenvalue weighted by atomic mass is 32.1. The summed E-state index contributed by atoms with van der Waals surface area (Å²) in [5, 5.41) is 0. The molecule has 0 bridgehead atoms. The zero-order valence-corrected chi connectivity index (χ0v) is 11.7. The molecule has 1 aromatic heterocycles. The van der Waals surface area contributed by atoms with Gasteiger partial charge in [-0.2, -0.15) is 0 Å². The molecule has 1 rings (SSSR count). The first-order valence-corrected chi connectivity index (χ1v) is 6.68. The first kappa shape index (κ1) is 14.2. The molecule has 0 amide bonds. The molecule has 0 aromatic carbocycles. The zero-order valence-electron chi connectivity index (χ0n) is 10.9. The van der Waals surface area contributed by atoms with E-state index in [9.17, 15) is 0 Å². The third kappa shape index (κ3) is 6.48. The monoisotopic (exact) mass is 251 g/mol. The second kappa shape index (κ2) is 6.80. The quantitative estimate of drug-likeness (QED) is 0.659. The standard InChI is InChI=1S/C14H21NOS/c1-14(2,3)8-10-16-11-13-7-6-12(17-13)5-4-9-15/h6-7H,8-11,15H2,1-3H3. The van der Waals surface area contributed by atoms with Crippen LogP contribution < -0.4 is 5.73 Å². The molecular formula is C14H21NOS. The Kier molecular flexibility index (Phi) is 5.70. The maximum atomic E-state index is 5.65. The van der Waals surface area contributed by atoms with E-state index in [-0.39, 0.29) is 0 Å². The average molecular weight is 251 g/mol. The van der Waals surface area contributed by atoms with Crippen LogP contribution >= 0.6 is 11.3 Å². The lowest BCUT2D eigenvalue weighted by atomic mass is 9.93. The molecule has 17 heavy (non-hydrogen) atoms. The van der Waals surface area contributed by atoms with Crippen molar-refractivity contribution in [1.29, 1.82) is 0 Å². The summed E-state index contributed by atoms with van der Waals surface area (Å²) in [6.45, 7) is 8.58. The Morgan fingerprint density at radius 1 is 1.35 bits per heavy atom. The van der Waals surface area contributed by atoms with Crippen molar-refractivity contribution in [1.82, 2.24) is 0 Å². The number of thiophene rings is 1. The van der Waals surface area contributed by atoms with Gasteiger partial charge in [-0.1, -0.05) is 32.6 Å². The van der Waals surface area contributed by atoms with Gasteiger partial charge in [-0.25, -0.2) is 0 Å². The van der Waals surface area contributed by atoms with Gasteiger partial charge in [-0.3, -0.25) is 0 Å². The highest BCUT2D eigenvalue weighted by molar-refractivity contribution is 7.12. The summed E-state index contributed by atoms with van der Waals surface area (Å²) in [6.07, 6.45) is 1.08. The van der Waals surface area contributed by atoms with E-state index in [0.717, 1.165) is 17.9 Å². The topological polar surface area (TPSA) is 35.2 Å². The van der Waals surface area contributed by atoms with E-state index < -0.39 is 0 Å². The van der Waals surface area contributed by atoms with Crippen molar-refractivity contribution < 1.29 is 4.74 Å². The van der Waals surface area contributed by atoms with Gasteiger partial charge < -0.3 is 10.5 Å². The van der Waals surface area contributed by atoms with Gasteiger partial charge in [0.05, 0.1) is 18.0 Å². The molecule has 0 spiro atoms. The van der Waals surface area contributed by atoms with Crippen LogP contribution in [0.4, 0.5) is 0 Å². The van der Waals surface area contributed by atoms with Crippen molar-refractivity contribution in [3.8, 4) is 11.8 Å². The van der Waals surface area contributed by atoms with E-state index in [4.69, 9.17) is 10.5 Å². The number of ether oxygens (including phenoxy) is 1. The van der Waals surface area contributed by atoms with Crippen molar-refractivity contribution in [3.05, 3.63) is 21.9 Å². The van der Waals surface area contributed by atoms with Gasteiger partial charge in [-0.15, -0.1) is 11.3 Å². The molecule has 0 unspecified atom stereocenters. The van der Waals surface area contributed by atoms with E-state index in [1.165, 1.54) is 4.88 Å². The molecule has 0 aliphatic rings. The van der Waals surface area contributed by atoms with Crippen molar-refractivity contribution in [3.63, 3.8) is 0 Å². The summed E-state index contributed by atoms with van der Waals surface area (Å²) in [5.74, 6) is 5.88. The maximum absolute atomic E-state index is 5.65. The third-order valence-electron chi connectivity index (χ3n) is 2.22. The van der Waals surface area contributed by atoms with Gasteiger partial charge in [0.25, 0.3) is 0 Å². The second-order valence-electron chi connectivity index (χ2n) is 5.14. The van der Waals surface area contributed by atoms with Crippen LogP contribution in [0, 0.1) is 17.3 Å². The molecule has 2 nitrogen and oxygen atoms in total. The Labute approximate surface area is 108 Å². The molecule has 0 fully saturated rings. The number of rotatable bonds is 4. The summed E-state index contributed by atoms with van der Waals surface area (Å²) in [7, 11) is 0. The molecule has 0 atom stereocenters. The Morgan fingerprint density at radius 3 is 2.76 bits per heavy atom. The van der Waals surface area contributed by atoms with E-state index in [1.807, 2.05) is 6.07 Å². The van der Waals surface area contributed by atoms with E-state index in [1.54, 1.807) is 11.3 Å². The largest absolute Gasteiger partial charge is 0.376 e. The van der Waals surface area contributed by atoms with Crippen molar-refractivity contribution in [2.75, 3.05) is 13.2 Å². The zero-order chi connectivity index (χ0) is 12.7. The minimum atomic E-state index is 0.340. The summed E-state index contributed by atoms with van der Waals surface area (Å²) in [4.78, 5) is 2.28. The molecular weight excluding hydrogens is 230 g/mol. The van der Waals surface area contributed by atoms with Crippen LogP contribution in [0.1, 0.15) is 36.9 Å². The van der Waals surface area contributed by atoms with Crippen LogP contribution in [-0.4, -0.2) is 13.2 Å². The van der Waals surface area contributed by atoms with Gasteiger partial charge in [0.1, 0.15) is 0 Å². The molecule has 0 aliphatic carbocycles. The number of nitrogens with two attached hydrogens (primary N) is 1. The molecule has 1 aromatic rings. The summed E-state index contributed by atoms with van der Waals surface area (Å²) in [6, 6.07) is 4.10. The number of hydrogen-bond donors (Lipinski definition) is 1. The van der Waals surface area contributed by atoms with Crippen LogP contribution in [0.5, 0.6) is 0 Å². The summed E-state index contributed by atoms with van der Waals surface area (Å²) < 4.78 is 5.65. The molecule has 3 heteroatoms. The van der Waals surface area contributed by atoms with Gasteiger partial charge in [0.2, 0.25) is 0 Å². The molecule has 0 radical (unpaired) electrons. The normalized spacial score (nSPS) is 11.1. The maximum Gasteiger partial charge on any atom is 0.0809 e. The first-order valence-electron chi connectivity index (χ1n) is 5.87. The molecule has 1 heterocycles. The van der Waals surface area contributed by atoms with Gasteiger partial charge in [-0.05, 0) is 24.0 Å². The Bertz CT molecular complexity index is 392. The highest BCUT2D eigenvalue weighted by Crippen LogP contribution is 2.20. The average Bonchev–Trinajstić information content (AvgIpc) is 2.68. The predicted octanol–water partition coefficient (Wildman–Crippen LogP) is 3.01. The second-order valence-corrected chi connectivity index (χ2v) is 6.30. The third-order valence-corrected chi connectivity index (χ3v) is 3.19. The fourth-order valence-electron chi connectivity index (χ4n) is 1.21. The van der Waals surface area contributed by atoms with Crippen molar-refractivity contribution >= 4 is 11.3 Å². The van der Waals surface area contributed by atoms with Crippen molar-refractivity contribution in [2.45, 2.75) is 33.8 Å². The Balaban J connectivity index is 2.30. The SMILES string of the molecule is CC(C)(C)CCOCc1ccc(C#CCN)s1. The molecule has 0 saturated carbocycles. The molecule has 0 saturated heterocycles. The minimum Gasteiger partial charge on any atom is -0.376 e. The molecule has 94 valence electrons. The Morgan fingerprint density at radius 2 is 2.12 bits per heavy atom. The van der Waals surface area contributed by atoms with E-state index >= 15 is 0 Å². The van der Waals surface area contributed by atoms with Gasteiger partial charge in [0.15, 0.2) is 0 Å². The fraction of sp³-hybridized carbons (Fsp3) is 0.571. The van der Waals surface area contributed by atoms with Crippen molar-refractivity contribution in [2.24, 2.45) is 11.1 Å². The van der Waals surface area contributed by atoms with Crippen LogP contribution in [0.2, 0.25) is 0 Å². The van der Waals surface area contributed by atoms with Gasteiger partial charge in [0, 0.05) is 11.5 Å². The molecule has 2 N–H and O–H groups in total. The fourth-order valence-corrected chi connectivity index (χ4v) is 2.03. The van der Waals surface area contributed by atoms with Crippen LogP contribution in [0.25, 0.3) is 0 Å². The Hall–Kier alpha value is -0.820. The predicted molar refractivity (Wildman–Crippen MR) is 74.0 cm³/mol. The van der Waals surface area contributed by atoms with Crippen LogP contribution in [0.3, 0.4) is 0 Å². The van der Waals surface area contributed by atoms with Crippen LogP contribution in [0.15, 0.2) is 12.1 Å². The van der Waals surface area contributed by atoms with E-state index in [0.29, 0.717) is 18.6 Å². The highest BCUT2D eigenvalue weighted by Gasteiger charge is 2.09. The van der Waals surface area contributed by atoms with Crippen LogP contribution in [-0.2, 0) is 11.3 Å². The summed E-state index contributed by atoms with van der Waals surface area (Å²) >= 11 is 1.68. The lowest BCUT2D eigenvalue weighted by molar-refractivity contribution is 0.0980. The number of hydrogen-bond acceptors (Lipinski definition) is 3. The van der Waals surface area contributed by atoms with E-state index in [2.05, 4.69) is 38.7 Å². The van der Waals surface area contributed by atoms with Gasteiger partial charge >= 0.3 is 0 Å². The minimum absolute atomic E-state index is 0.340. The summed E-state index contributed by atoms with van der Waals surface area (Å²) in [5.41, 5.74) is 5.67. The first-order chi connectivity index (χ1) is 8.01. The lowest BCUT2D eigenvalue weighted by Crippen LogP contribution is -2.09.